The van der Waals surface area contributed by atoms with Crippen LogP contribution in [0.25, 0.3) is 21.5 Å². The van der Waals surface area contributed by atoms with Crippen LogP contribution in [0.3, 0.4) is 0 Å². The number of benzene rings is 3. The third-order valence-corrected chi connectivity index (χ3v) is 5.71. The number of nitrogens with zero attached hydrogens (tertiary/aromatic N) is 1. The minimum absolute atomic E-state index is 0.751. The monoisotopic (exact) mass is 407 g/mol. The Morgan fingerprint density at radius 3 is 2.17 bits per heavy atom. The fraction of sp³-hybridized carbons (Fsp3) is 0.481. The third-order valence-electron chi connectivity index (χ3n) is 5.71. The van der Waals surface area contributed by atoms with Crippen molar-refractivity contribution in [1.29, 1.82) is 0 Å². The molecule has 0 atom stereocenters. The maximum absolute atomic E-state index is 6.42. The zero-order valence-corrected chi connectivity index (χ0v) is 19.2. The molecule has 0 saturated heterocycles. The zero-order valence-electron chi connectivity index (χ0n) is 19.2. The van der Waals surface area contributed by atoms with E-state index in [9.17, 15) is 0 Å². The second kappa shape index (κ2) is 11.2. The minimum atomic E-state index is 0.751. The van der Waals surface area contributed by atoms with Crippen molar-refractivity contribution in [2.24, 2.45) is 0 Å². The summed E-state index contributed by atoms with van der Waals surface area (Å²) in [5.41, 5.74) is 1.25. The van der Waals surface area contributed by atoms with Crippen molar-refractivity contribution in [2.75, 3.05) is 33.4 Å². The molecule has 0 amide bonds. The van der Waals surface area contributed by atoms with Crippen molar-refractivity contribution in [3.8, 4) is 11.5 Å². The molecular formula is C27H37NO2. The van der Waals surface area contributed by atoms with E-state index in [1.807, 2.05) is 6.07 Å². The lowest BCUT2D eigenvalue weighted by atomic mass is 10.0. The molecule has 0 heterocycles. The van der Waals surface area contributed by atoms with Crippen molar-refractivity contribution < 1.29 is 9.47 Å². The lowest BCUT2D eigenvalue weighted by molar-refractivity contribution is 0.260. The molecule has 162 valence electrons. The van der Waals surface area contributed by atoms with Gasteiger partial charge in [0.2, 0.25) is 0 Å². The van der Waals surface area contributed by atoms with Gasteiger partial charge in [-0.2, -0.15) is 0 Å². The first-order valence-corrected chi connectivity index (χ1v) is 11.5. The van der Waals surface area contributed by atoms with Gasteiger partial charge in [0.15, 0.2) is 0 Å². The summed E-state index contributed by atoms with van der Waals surface area (Å²) < 4.78 is 11.9. The quantitative estimate of drug-likeness (QED) is 0.239. The van der Waals surface area contributed by atoms with Gasteiger partial charge in [-0.1, -0.05) is 37.6 Å². The van der Waals surface area contributed by atoms with Crippen LogP contribution in [0.15, 0.2) is 42.5 Å². The largest absolute Gasteiger partial charge is 0.497 e. The number of ether oxygens (including phenoxy) is 2. The van der Waals surface area contributed by atoms with E-state index < -0.39 is 0 Å². The summed E-state index contributed by atoms with van der Waals surface area (Å²) in [4.78, 5) is 2.59. The number of rotatable bonds is 12. The molecule has 3 heteroatoms. The molecular weight excluding hydrogens is 370 g/mol. The number of unbranched alkanes of at least 4 members (excludes halogenated alkanes) is 2. The van der Waals surface area contributed by atoms with Crippen LogP contribution in [0.5, 0.6) is 11.5 Å². The van der Waals surface area contributed by atoms with Crippen LogP contribution in [0.4, 0.5) is 0 Å². The van der Waals surface area contributed by atoms with Gasteiger partial charge in [-0.3, -0.25) is 0 Å². The summed E-state index contributed by atoms with van der Waals surface area (Å²) in [7, 11) is 1.72. The van der Waals surface area contributed by atoms with Gasteiger partial charge in [0.25, 0.3) is 0 Å². The lowest BCUT2D eigenvalue weighted by Gasteiger charge is -2.20. The highest BCUT2D eigenvalue weighted by molar-refractivity contribution is 6.05. The van der Waals surface area contributed by atoms with Crippen LogP contribution in [0.1, 0.15) is 51.5 Å². The van der Waals surface area contributed by atoms with Crippen molar-refractivity contribution in [2.45, 2.75) is 52.9 Å². The van der Waals surface area contributed by atoms with Gasteiger partial charge < -0.3 is 14.4 Å². The van der Waals surface area contributed by atoms with Crippen LogP contribution in [0, 0.1) is 6.92 Å². The molecule has 3 aromatic rings. The van der Waals surface area contributed by atoms with Crippen LogP contribution in [-0.4, -0.2) is 38.3 Å². The number of hydrogen-bond donors (Lipinski definition) is 0. The molecule has 0 aliphatic rings. The van der Waals surface area contributed by atoms with Gasteiger partial charge in [-0.05, 0) is 93.7 Å². The van der Waals surface area contributed by atoms with Gasteiger partial charge >= 0.3 is 0 Å². The first kappa shape index (κ1) is 22.4. The topological polar surface area (TPSA) is 21.7 Å². The number of aryl methyl sites for hydroxylation is 1. The van der Waals surface area contributed by atoms with E-state index >= 15 is 0 Å². The Morgan fingerprint density at radius 2 is 1.47 bits per heavy atom. The molecule has 0 aliphatic heterocycles. The van der Waals surface area contributed by atoms with Gasteiger partial charge in [-0.25, -0.2) is 0 Å². The Balaban J connectivity index is 1.70. The van der Waals surface area contributed by atoms with Gasteiger partial charge in [-0.15, -0.1) is 0 Å². The van der Waals surface area contributed by atoms with E-state index in [-0.39, 0.29) is 0 Å². The standard InChI is InChI=1S/C27H37NO2/c1-5-14-28(15-6-2)16-8-7-9-17-30-27-25-18-21(3)10-11-22(25)19-23-12-13-24(29-4)20-26(23)27/h10-13,18-20H,5-9,14-17H2,1-4H3. The number of fused-ring (bicyclic) bond motifs is 2. The number of methoxy groups -OCH3 is 1. The van der Waals surface area contributed by atoms with Crippen molar-refractivity contribution >= 4 is 21.5 Å². The second-order valence-electron chi connectivity index (χ2n) is 8.27. The van der Waals surface area contributed by atoms with E-state index in [0.717, 1.165) is 29.9 Å². The maximum Gasteiger partial charge on any atom is 0.135 e. The zero-order chi connectivity index (χ0) is 21.3. The average molecular weight is 408 g/mol. The average Bonchev–Trinajstić information content (AvgIpc) is 2.75. The van der Waals surface area contributed by atoms with Crippen LogP contribution >= 0.6 is 0 Å². The van der Waals surface area contributed by atoms with E-state index in [4.69, 9.17) is 9.47 Å². The van der Waals surface area contributed by atoms with E-state index in [1.54, 1.807) is 7.11 Å². The van der Waals surface area contributed by atoms with E-state index in [1.165, 1.54) is 67.0 Å². The Morgan fingerprint density at radius 1 is 0.767 bits per heavy atom. The molecule has 0 fully saturated rings. The molecule has 0 aromatic heterocycles. The normalized spacial score (nSPS) is 11.5. The summed E-state index contributed by atoms with van der Waals surface area (Å²) in [5, 5.41) is 4.73. The van der Waals surface area contributed by atoms with Crippen molar-refractivity contribution in [3.63, 3.8) is 0 Å². The summed E-state index contributed by atoms with van der Waals surface area (Å²) in [6.07, 6.45) is 6.00. The molecule has 3 aromatic carbocycles. The van der Waals surface area contributed by atoms with Gasteiger partial charge in [0, 0.05) is 10.8 Å². The van der Waals surface area contributed by atoms with Gasteiger partial charge in [0.1, 0.15) is 11.5 Å². The first-order valence-electron chi connectivity index (χ1n) is 11.5. The summed E-state index contributed by atoms with van der Waals surface area (Å²) in [6, 6.07) is 15.1. The number of hydrogen-bond acceptors (Lipinski definition) is 3. The fourth-order valence-electron chi connectivity index (χ4n) is 4.20. The van der Waals surface area contributed by atoms with Gasteiger partial charge in [0.05, 0.1) is 13.7 Å². The van der Waals surface area contributed by atoms with Crippen LogP contribution in [-0.2, 0) is 0 Å². The van der Waals surface area contributed by atoms with Crippen molar-refractivity contribution in [1.82, 2.24) is 4.90 Å². The SMILES string of the molecule is CCCN(CCC)CCCCCOc1c2cc(C)ccc2cc2ccc(OC)cc12. The fourth-order valence-corrected chi connectivity index (χ4v) is 4.20. The maximum atomic E-state index is 6.42. The summed E-state index contributed by atoms with van der Waals surface area (Å²) in [6.45, 7) is 11.1. The highest BCUT2D eigenvalue weighted by Crippen LogP contribution is 2.37. The second-order valence-corrected chi connectivity index (χ2v) is 8.27. The molecule has 3 nitrogen and oxygen atoms in total. The minimum Gasteiger partial charge on any atom is -0.497 e. The Kier molecular flexibility index (Phi) is 8.39. The van der Waals surface area contributed by atoms with E-state index in [2.05, 4.69) is 62.1 Å². The molecule has 0 aliphatic carbocycles. The first-order chi connectivity index (χ1) is 14.7. The molecule has 30 heavy (non-hydrogen) atoms. The highest BCUT2D eigenvalue weighted by atomic mass is 16.5. The van der Waals surface area contributed by atoms with E-state index in [0.29, 0.717) is 0 Å². The summed E-state index contributed by atoms with van der Waals surface area (Å²) in [5.74, 6) is 1.86. The Labute approximate surface area is 182 Å². The van der Waals surface area contributed by atoms with Crippen LogP contribution in [0.2, 0.25) is 0 Å². The lowest BCUT2D eigenvalue weighted by Crippen LogP contribution is -2.26. The molecule has 0 N–H and O–H groups in total. The smallest absolute Gasteiger partial charge is 0.135 e. The van der Waals surface area contributed by atoms with Crippen LogP contribution < -0.4 is 9.47 Å². The molecule has 0 unspecified atom stereocenters. The third kappa shape index (κ3) is 5.66. The predicted molar refractivity (Wildman–Crippen MR) is 129 cm³/mol. The predicted octanol–water partition coefficient (Wildman–Crippen LogP) is 6.98. The highest BCUT2D eigenvalue weighted by Gasteiger charge is 2.11. The molecule has 3 rings (SSSR count). The Hall–Kier alpha value is -2.26. The molecule has 0 bridgehead atoms. The Bertz CT molecular complexity index is 944. The molecule has 0 radical (unpaired) electrons. The summed E-state index contributed by atoms with van der Waals surface area (Å²) >= 11 is 0. The molecule has 0 saturated carbocycles. The molecule has 0 spiro atoms. The van der Waals surface area contributed by atoms with Crippen molar-refractivity contribution in [3.05, 3.63) is 48.0 Å².